The van der Waals surface area contributed by atoms with Crippen LogP contribution in [0.15, 0.2) is 35.6 Å². The minimum atomic E-state index is -0.0398. The van der Waals surface area contributed by atoms with Gasteiger partial charge in [0.25, 0.3) is 0 Å². The van der Waals surface area contributed by atoms with Crippen molar-refractivity contribution < 1.29 is 14.3 Å². The van der Waals surface area contributed by atoms with Crippen LogP contribution in [-0.2, 0) is 22.5 Å². The van der Waals surface area contributed by atoms with Crippen molar-refractivity contribution in [1.82, 2.24) is 25.1 Å². The topological polar surface area (TPSA) is 103 Å². The van der Waals surface area contributed by atoms with Crippen LogP contribution in [0.1, 0.15) is 12.5 Å². The molecule has 0 aliphatic rings. The van der Waals surface area contributed by atoms with E-state index in [1.807, 2.05) is 37.4 Å². The van der Waals surface area contributed by atoms with E-state index in [4.69, 9.17) is 9.47 Å². The number of carbonyl (C=O) groups is 1. The van der Waals surface area contributed by atoms with E-state index in [2.05, 4.69) is 25.7 Å². The molecule has 2 aromatic heterocycles. The number of anilines is 1. The Bertz CT molecular complexity index is 993. The van der Waals surface area contributed by atoms with Gasteiger partial charge in [-0.25, -0.2) is 14.6 Å². The molecule has 10 heteroatoms. The molecule has 1 amide bonds. The minimum absolute atomic E-state index is 0.0398. The maximum absolute atomic E-state index is 12.3. The van der Waals surface area contributed by atoms with Crippen LogP contribution in [-0.4, -0.2) is 65.3 Å². The van der Waals surface area contributed by atoms with Crippen LogP contribution in [0.2, 0.25) is 0 Å². The van der Waals surface area contributed by atoms with Crippen molar-refractivity contribution in [2.45, 2.75) is 25.0 Å². The van der Waals surface area contributed by atoms with E-state index in [1.165, 1.54) is 11.8 Å². The number of nitrogens with one attached hydrogen (secondary N) is 2. The molecule has 0 aliphatic heterocycles. The Morgan fingerprint density at radius 3 is 2.71 bits per heavy atom. The van der Waals surface area contributed by atoms with E-state index < -0.39 is 0 Å². The number of rotatable bonds is 12. The minimum Gasteiger partial charge on any atom is -0.494 e. The van der Waals surface area contributed by atoms with Crippen LogP contribution >= 0.6 is 11.8 Å². The molecule has 3 aromatic rings. The molecule has 0 bridgehead atoms. The van der Waals surface area contributed by atoms with Crippen molar-refractivity contribution in [3.05, 3.63) is 36.0 Å². The summed E-state index contributed by atoms with van der Waals surface area (Å²) in [5.41, 5.74) is 1.68. The van der Waals surface area contributed by atoms with Gasteiger partial charge in [0, 0.05) is 20.2 Å². The van der Waals surface area contributed by atoms with Crippen molar-refractivity contribution in [2.24, 2.45) is 0 Å². The number of hydrogen-bond acceptors (Lipinski definition) is 8. The standard InChI is InChI=1S/C21H28N6O3S/c1-4-30-16-7-5-15(6-8-16)13-18(28)22-9-11-27-20-17(14-24-27)19(23-10-12-29-2)25-21(26-20)31-3/h5-8,14H,4,9-13H2,1-3H3,(H,22,28)(H,23,25,26). The molecule has 31 heavy (non-hydrogen) atoms. The van der Waals surface area contributed by atoms with Crippen LogP contribution < -0.4 is 15.4 Å². The number of aromatic nitrogens is 4. The molecule has 2 heterocycles. The fraction of sp³-hybridized carbons (Fsp3) is 0.429. The fourth-order valence-electron chi connectivity index (χ4n) is 3.02. The Hall–Kier alpha value is -2.85. The third-order valence-corrected chi connectivity index (χ3v) is 5.05. The van der Waals surface area contributed by atoms with Gasteiger partial charge in [-0.2, -0.15) is 5.10 Å². The Morgan fingerprint density at radius 2 is 2.00 bits per heavy atom. The predicted molar refractivity (Wildman–Crippen MR) is 122 cm³/mol. The Balaban J connectivity index is 1.58. The summed E-state index contributed by atoms with van der Waals surface area (Å²) in [6.45, 7) is 4.75. The lowest BCUT2D eigenvalue weighted by atomic mass is 10.1. The third kappa shape index (κ3) is 6.31. The normalized spacial score (nSPS) is 10.9. The summed E-state index contributed by atoms with van der Waals surface area (Å²) in [5.74, 6) is 1.50. The maximum Gasteiger partial charge on any atom is 0.224 e. The first-order valence-electron chi connectivity index (χ1n) is 10.1. The summed E-state index contributed by atoms with van der Waals surface area (Å²) >= 11 is 1.47. The summed E-state index contributed by atoms with van der Waals surface area (Å²) in [5, 5.41) is 12.2. The molecule has 2 N–H and O–H groups in total. The van der Waals surface area contributed by atoms with Crippen LogP contribution in [0.3, 0.4) is 0 Å². The van der Waals surface area contributed by atoms with E-state index in [1.54, 1.807) is 18.0 Å². The third-order valence-electron chi connectivity index (χ3n) is 4.50. The molecule has 0 fully saturated rings. The zero-order valence-corrected chi connectivity index (χ0v) is 18.9. The van der Waals surface area contributed by atoms with E-state index in [0.29, 0.717) is 44.4 Å². The molecule has 0 radical (unpaired) electrons. The molecule has 0 spiro atoms. The monoisotopic (exact) mass is 444 g/mol. The number of fused-ring (bicyclic) bond motifs is 1. The second kappa shape index (κ2) is 11.5. The predicted octanol–water partition coefficient (Wildman–Crippen LogP) is 2.36. The number of carbonyl (C=O) groups excluding carboxylic acids is 1. The quantitative estimate of drug-likeness (QED) is 0.249. The molecule has 0 aliphatic carbocycles. The van der Waals surface area contributed by atoms with Crippen LogP contribution in [0.25, 0.3) is 11.0 Å². The first kappa shape index (κ1) is 22.8. The summed E-state index contributed by atoms with van der Waals surface area (Å²) in [7, 11) is 1.66. The summed E-state index contributed by atoms with van der Waals surface area (Å²) < 4.78 is 12.3. The number of thioether (sulfide) groups is 1. The average Bonchev–Trinajstić information content (AvgIpc) is 3.18. The molecule has 0 saturated heterocycles. The molecule has 9 nitrogen and oxygen atoms in total. The Morgan fingerprint density at radius 1 is 1.19 bits per heavy atom. The molecule has 0 unspecified atom stereocenters. The lowest BCUT2D eigenvalue weighted by Gasteiger charge is -2.09. The zero-order valence-electron chi connectivity index (χ0n) is 18.1. The second-order valence-electron chi connectivity index (χ2n) is 6.69. The lowest BCUT2D eigenvalue weighted by Crippen LogP contribution is -2.28. The molecule has 166 valence electrons. The highest BCUT2D eigenvalue weighted by Crippen LogP contribution is 2.23. The first-order chi connectivity index (χ1) is 15.1. The van der Waals surface area contributed by atoms with E-state index >= 15 is 0 Å². The van der Waals surface area contributed by atoms with Crippen molar-refractivity contribution in [2.75, 3.05) is 45.0 Å². The smallest absolute Gasteiger partial charge is 0.224 e. The molecule has 3 rings (SSSR count). The zero-order chi connectivity index (χ0) is 22.1. The first-order valence-corrected chi connectivity index (χ1v) is 11.4. The number of methoxy groups -OCH3 is 1. The SMILES string of the molecule is CCOc1ccc(CC(=O)NCCn2ncc3c(NCCOC)nc(SC)nc32)cc1. The lowest BCUT2D eigenvalue weighted by molar-refractivity contribution is -0.120. The Kier molecular flexibility index (Phi) is 8.48. The van der Waals surface area contributed by atoms with Crippen LogP contribution in [0.5, 0.6) is 5.75 Å². The number of amides is 1. The summed E-state index contributed by atoms with van der Waals surface area (Å²) in [4.78, 5) is 21.4. The van der Waals surface area contributed by atoms with Gasteiger partial charge in [-0.15, -0.1) is 0 Å². The van der Waals surface area contributed by atoms with Gasteiger partial charge in [-0.1, -0.05) is 23.9 Å². The molecule has 1 aromatic carbocycles. The number of ether oxygens (including phenoxy) is 2. The van der Waals surface area contributed by atoms with E-state index in [0.717, 1.165) is 28.2 Å². The summed E-state index contributed by atoms with van der Waals surface area (Å²) in [6, 6.07) is 7.57. The number of hydrogen-bond donors (Lipinski definition) is 2. The van der Waals surface area contributed by atoms with Crippen LogP contribution in [0, 0.1) is 0 Å². The van der Waals surface area contributed by atoms with Crippen LogP contribution in [0.4, 0.5) is 5.82 Å². The molecule has 0 saturated carbocycles. The van der Waals surface area contributed by atoms with E-state index in [9.17, 15) is 4.79 Å². The highest BCUT2D eigenvalue weighted by Gasteiger charge is 2.13. The Labute approximate surface area is 185 Å². The van der Waals surface area contributed by atoms with Gasteiger partial charge in [0.15, 0.2) is 10.8 Å². The van der Waals surface area contributed by atoms with Crippen molar-refractivity contribution >= 4 is 34.5 Å². The second-order valence-corrected chi connectivity index (χ2v) is 7.46. The highest BCUT2D eigenvalue weighted by molar-refractivity contribution is 7.98. The van der Waals surface area contributed by atoms with Gasteiger partial charge in [-0.3, -0.25) is 4.79 Å². The molecular formula is C21H28N6O3S. The largest absolute Gasteiger partial charge is 0.494 e. The van der Waals surface area contributed by atoms with Crippen molar-refractivity contribution in [3.8, 4) is 5.75 Å². The van der Waals surface area contributed by atoms with E-state index in [-0.39, 0.29) is 5.91 Å². The van der Waals surface area contributed by atoms with Gasteiger partial charge >= 0.3 is 0 Å². The average molecular weight is 445 g/mol. The van der Waals surface area contributed by atoms with Crippen molar-refractivity contribution in [3.63, 3.8) is 0 Å². The van der Waals surface area contributed by atoms with Gasteiger partial charge in [0.2, 0.25) is 5.91 Å². The van der Waals surface area contributed by atoms with Gasteiger partial charge in [-0.05, 0) is 30.9 Å². The number of benzene rings is 1. The number of nitrogens with zero attached hydrogens (tertiary/aromatic N) is 4. The van der Waals surface area contributed by atoms with Gasteiger partial charge in [0.1, 0.15) is 11.6 Å². The summed E-state index contributed by atoms with van der Waals surface area (Å²) in [6.07, 6.45) is 4.00. The maximum atomic E-state index is 12.3. The molecule has 0 atom stereocenters. The molecular weight excluding hydrogens is 416 g/mol. The van der Waals surface area contributed by atoms with Gasteiger partial charge in [0.05, 0.1) is 37.8 Å². The van der Waals surface area contributed by atoms with Gasteiger partial charge < -0.3 is 20.1 Å². The fourth-order valence-corrected chi connectivity index (χ4v) is 3.38. The van der Waals surface area contributed by atoms with Crippen molar-refractivity contribution in [1.29, 1.82) is 0 Å². The highest BCUT2D eigenvalue weighted by atomic mass is 32.2.